The molecule has 2 aromatic rings. The van der Waals surface area contributed by atoms with Gasteiger partial charge in [-0.1, -0.05) is 42.5 Å². The average Bonchev–Trinajstić information content (AvgIpc) is 3.49. The van der Waals surface area contributed by atoms with Crippen LogP contribution >= 0.6 is 0 Å². The monoisotopic (exact) mass is 536 g/mol. The van der Waals surface area contributed by atoms with E-state index in [0.717, 1.165) is 12.8 Å². The molecule has 0 spiro atoms. The first-order valence-corrected chi connectivity index (χ1v) is 13.6. The number of sulfonamides is 1. The molecule has 10 nitrogen and oxygen atoms in total. The minimum absolute atomic E-state index is 0.0462. The Bertz CT molecular complexity index is 1440. The molecule has 0 amide bonds. The van der Waals surface area contributed by atoms with Gasteiger partial charge in [-0.05, 0) is 36.1 Å². The Morgan fingerprint density at radius 3 is 2.16 bits per heavy atom. The normalized spacial score (nSPS) is 18.3. The fourth-order valence-corrected chi connectivity index (χ4v) is 6.40. The molecule has 198 valence electrons. The number of carbonyl (C=O) groups excluding carboxylic acids is 2. The first-order chi connectivity index (χ1) is 18.2. The molecule has 0 bridgehead atoms. The van der Waals surface area contributed by atoms with E-state index in [4.69, 9.17) is 15.2 Å². The Balaban J connectivity index is 1.83. The Morgan fingerprint density at radius 2 is 1.61 bits per heavy atom. The second-order valence-electron chi connectivity index (χ2n) is 8.86. The summed E-state index contributed by atoms with van der Waals surface area (Å²) in [6.07, 6.45) is 1.68. The summed E-state index contributed by atoms with van der Waals surface area (Å²) >= 11 is 0. The van der Waals surface area contributed by atoms with Crippen LogP contribution in [0.15, 0.2) is 77.3 Å². The number of benzene rings is 2. The smallest absolute Gasteiger partial charge is 0.355 e. The molecule has 2 heterocycles. The van der Waals surface area contributed by atoms with Gasteiger partial charge in [0.2, 0.25) is 10.0 Å². The summed E-state index contributed by atoms with van der Waals surface area (Å²) < 4.78 is 37.0. The van der Waals surface area contributed by atoms with Gasteiger partial charge in [-0.25, -0.2) is 22.3 Å². The summed E-state index contributed by atoms with van der Waals surface area (Å²) in [5.74, 6) is -2.88. The van der Waals surface area contributed by atoms with Gasteiger partial charge in [-0.3, -0.25) is 4.90 Å². The predicted octanol–water partition coefficient (Wildman–Crippen LogP) is 2.51. The highest BCUT2D eigenvalue weighted by molar-refractivity contribution is 7.88. The number of anilines is 1. The van der Waals surface area contributed by atoms with Crippen LogP contribution < -0.4 is 10.6 Å². The van der Waals surface area contributed by atoms with Crippen molar-refractivity contribution in [3.8, 4) is 6.07 Å². The standard InChI is InChI=1S/C27H28N4O6S/c1-36-26(32)23-22(19-8-4-3-5-9-19)21(16-28)25(29)31(24(23)27(33)37-2)20-12-10-18(11-13-20)17-38(34,35)30-14-6-7-15-30/h3-5,8-13,22H,6-7,14-15,17,29H2,1-2H3. The maximum atomic E-state index is 13.1. The molecular weight excluding hydrogens is 508 g/mol. The van der Waals surface area contributed by atoms with Crippen molar-refractivity contribution in [3.05, 3.63) is 88.4 Å². The molecule has 11 heteroatoms. The highest BCUT2D eigenvalue weighted by atomic mass is 32.2. The summed E-state index contributed by atoms with van der Waals surface area (Å²) in [6.45, 7) is 1.03. The predicted molar refractivity (Wildman–Crippen MR) is 139 cm³/mol. The van der Waals surface area contributed by atoms with E-state index in [-0.39, 0.29) is 28.4 Å². The van der Waals surface area contributed by atoms with Crippen molar-refractivity contribution in [2.45, 2.75) is 24.5 Å². The molecular formula is C27H28N4O6S. The van der Waals surface area contributed by atoms with Crippen LogP contribution in [0.1, 0.15) is 29.9 Å². The van der Waals surface area contributed by atoms with Crippen LogP contribution in [0, 0.1) is 11.3 Å². The third kappa shape index (κ3) is 5.01. The van der Waals surface area contributed by atoms with Crippen molar-refractivity contribution in [3.63, 3.8) is 0 Å². The minimum atomic E-state index is -3.47. The number of nitriles is 1. The van der Waals surface area contributed by atoms with Gasteiger partial charge in [0.25, 0.3) is 0 Å². The zero-order valence-electron chi connectivity index (χ0n) is 21.1. The summed E-state index contributed by atoms with van der Waals surface area (Å²) in [6, 6.07) is 17.2. The lowest BCUT2D eigenvalue weighted by molar-refractivity contribution is -0.139. The van der Waals surface area contributed by atoms with Gasteiger partial charge < -0.3 is 15.2 Å². The number of allylic oxidation sites excluding steroid dienone is 1. The van der Waals surface area contributed by atoms with E-state index < -0.39 is 27.9 Å². The second kappa shape index (κ2) is 11.1. The topological polar surface area (TPSA) is 143 Å². The van der Waals surface area contributed by atoms with Gasteiger partial charge in [0.1, 0.15) is 11.5 Å². The quantitative estimate of drug-likeness (QED) is 0.528. The number of nitrogens with zero attached hydrogens (tertiary/aromatic N) is 3. The maximum Gasteiger partial charge on any atom is 0.355 e. The molecule has 1 saturated heterocycles. The van der Waals surface area contributed by atoms with Gasteiger partial charge in [-0.15, -0.1) is 0 Å². The molecule has 38 heavy (non-hydrogen) atoms. The van der Waals surface area contributed by atoms with Crippen LogP contribution in [-0.4, -0.2) is 52.0 Å². The number of carbonyl (C=O) groups is 2. The van der Waals surface area contributed by atoms with Crippen molar-refractivity contribution < 1.29 is 27.5 Å². The Morgan fingerprint density at radius 1 is 1.00 bits per heavy atom. The Hall–Kier alpha value is -4.14. The summed E-state index contributed by atoms with van der Waals surface area (Å²) in [5, 5.41) is 10.1. The lowest BCUT2D eigenvalue weighted by Gasteiger charge is -2.36. The highest BCUT2D eigenvalue weighted by Gasteiger charge is 2.43. The number of ether oxygens (including phenoxy) is 2. The summed E-state index contributed by atoms with van der Waals surface area (Å²) in [5.41, 5.74) is 7.69. The van der Waals surface area contributed by atoms with Gasteiger partial charge in [0.15, 0.2) is 0 Å². The van der Waals surface area contributed by atoms with Gasteiger partial charge >= 0.3 is 11.9 Å². The largest absolute Gasteiger partial charge is 0.466 e. The van der Waals surface area contributed by atoms with Gasteiger partial charge in [0.05, 0.1) is 43.1 Å². The molecule has 0 aliphatic carbocycles. The third-order valence-corrected chi connectivity index (χ3v) is 8.46. The number of hydrogen-bond acceptors (Lipinski definition) is 9. The highest BCUT2D eigenvalue weighted by Crippen LogP contribution is 2.43. The minimum Gasteiger partial charge on any atom is -0.466 e. The molecule has 1 atom stereocenters. The van der Waals surface area contributed by atoms with Crippen molar-refractivity contribution >= 4 is 27.6 Å². The van der Waals surface area contributed by atoms with Crippen LogP contribution in [-0.2, 0) is 34.8 Å². The zero-order valence-corrected chi connectivity index (χ0v) is 21.9. The van der Waals surface area contributed by atoms with Crippen LogP contribution in [0.25, 0.3) is 0 Å². The number of methoxy groups -OCH3 is 2. The fourth-order valence-electron chi connectivity index (χ4n) is 4.79. The Kier molecular flexibility index (Phi) is 7.85. The number of hydrogen-bond donors (Lipinski definition) is 1. The first kappa shape index (κ1) is 26.9. The van der Waals surface area contributed by atoms with E-state index in [0.29, 0.717) is 29.9 Å². The summed E-state index contributed by atoms with van der Waals surface area (Å²) in [7, 11) is -1.11. The molecule has 1 unspecified atom stereocenters. The van der Waals surface area contributed by atoms with Crippen molar-refractivity contribution in [2.24, 2.45) is 5.73 Å². The number of rotatable bonds is 7. The Labute approximate surface area is 221 Å². The zero-order chi connectivity index (χ0) is 27.4. The van der Waals surface area contributed by atoms with Crippen LogP contribution in [0.4, 0.5) is 5.69 Å². The number of nitrogens with two attached hydrogens (primary N) is 1. The second-order valence-corrected chi connectivity index (χ2v) is 10.8. The molecule has 0 aromatic heterocycles. The van der Waals surface area contributed by atoms with Crippen molar-refractivity contribution in [1.82, 2.24) is 4.31 Å². The van der Waals surface area contributed by atoms with E-state index in [1.807, 2.05) is 0 Å². The molecule has 2 aromatic carbocycles. The van der Waals surface area contributed by atoms with E-state index in [1.54, 1.807) is 54.6 Å². The molecule has 4 rings (SSSR count). The first-order valence-electron chi connectivity index (χ1n) is 12.0. The van der Waals surface area contributed by atoms with Crippen molar-refractivity contribution in [1.29, 1.82) is 5.26 Å². The number of esters is 2. The van der Waals surface area contributed by atoms with Gasteiger partial charge in [0, 0.05) is 18.8 Å². The summed E-state index contributed by atoms with van der Waals surface area (Å²) in [4.78, 5) is 27.5. The van der Waals surface area contributed by atoms with E-state index in [1.165, 1.54) is 23.4 Å². The molecule has 1 fully saturated rings. The maximum absolute atomic E-state index is 13.1. The van der Waals surface area contributed by atoms with E-state index in [2.05, 4.69) is 6.07 Å². The van der Waals surface area contributed by atoms with Crippen LogP contribution in [0.5, 0.6) is 0 Å². The average molecular weight is 537 g/mol. The molecule has 2 N–H and O–H groups in total. The lowest BCUT2D eigenvalue weighted by atomic mass is 9.81. The van der Waals surface area contributed by atoms with Crippen LogP contribution in [0.2, 0.25) is 0 Å². The van der Waals surface area contributed by atoms with E-state index in [9.17, 15) is 23.3 Å². The molecule has 0 saturated carbocycles. The third-order valence-electron chi connectivity index (χ3n) is 6.61. The van der Waals surface area contributed by atoms with E-state index >= 15 is 0 Å². The van der Waals surface area contributed by atoms with Crippen molar-refractivity contribution in [2.75, 3.05) is 32.2 Å². The molecule has 2 aliphatic rings. The molecule has 0 radical (unpaired) electrons. The molecule has 2 aliphatic heterocycles. The SMILES string of the molecule is COC(=O)C1=C(C(=O)OC)N(c2ccc(CS(=O)(=O)N3CCCC3)cc2)C(N)=C(C#N)C1c1ccccc1. The van der Waals surface area contributed by atoms with Crippen LogP contribution in [0.3, 0.4) is 0 Å². The van der Waals surface area contributed by atoms with Gasteiger partial charge in [-0.2, -0.15) is 5.26 Å². The fraction of sp³-hybridized carbons (Fsp3) is 0.296. The lowest BCUT2D eigenvalue weighted by Crippen LogP contribution is -2.40.